The molecule has 0 N–H and O–H groups in total. The Labute approximate surface area is 295 Å². The molecule has 3 nitrogen and oxygen atoms in total. The summed E-state index contributed by atoms with van der Waals surface area (Å²) in [4.78, 5) is 6.55. The van der Waals surface area contributed by atoms with E-state index in [0.717, 1.165) is 43.1 Å². The van der Waals surface area contributed by atoms with Crippen molar-refractivity contribution in [1.29, 1.82) is 0 Å². The van der Waals surface area contributed by atoms with Crippen LogP contribution in [0.25, 0.3) is 21.9 Å². The second-order valence-corrected chi connectivity index (χ2v) is 16.1. The summed E-state index contributed by atoms with van der Waals surface area (Å²) < 4.78 is 14.5. The topological polar surface area (TPSA) is 23.6 Å². The SMILES string of the molecule is CC1(C)c2ccccc2N(c2ccc3c(c2)-c2ccc4c(N5c6ccccc6C(C)(C)c6ccccc65)cccc4c2S3=O)c2ccccc21. The van der Waals surface area contributed by atoms with E-state index >= 15 is 0 Å². The summed E-state index contributed by atoms with van der Waals surface area (Å²) in [5.41, 5.74) is 13.9. The Kier molecular flexibility index (Phi) is 6.06. The molecule has 0 amide bonds. The second-order valence-electron chi connectivity index (χ2n) is 14.8. The Balaban J connectivity index is 1.15. The molecule has 0 bridgehead atoms. The van der Waals surface area contributed by atoms with Crippen LogP contribution in [0.4, 0.5) is 34.1 Å². The predicted octanol–water partition coefficient (Wildman–Crippen LogP) is 12.2. The van der Waals surface area contributed by atoms with E-state index in [2.05, 4.69) is 183 Å². The zero-order valence-corrected chi connectivity index (χ0v) is 29.4. The van der Waals surface area contributed by atoms with Crippen molar-refractivity contribution in [1.82, 2.24) is 0 Å². The lowest BCUT2D eigenvalue weighted by molar-refractivity contribution is 0.632. The molecule has 50 heavy (non-hydrogen) atoms. The van der Waals surface area contributed by atoms with Crippen molar-refractivity contribution in [3.8, 4) is 11.1 Å². The lowest BCUT2D eigenvalue weighted by atomic mass is 9.73. The molecule has 0 radical (unpaired) electrons. The summed E-state index contributed by atoms with van der Waals surface area (Å²) in [5.74, 6) is 0. The molecular formula is C46H36N2OS. The number of rotatable bonds is 2. The number of anilines is 6. The third-order valence-corrected chi connectivity index (χ3v) is 13.0. The molecule has 7 aromatic rings. The van der Waals surface area contributed by atoms with Crippen LogP contribution in [0.1, 0.15) is 49.9 Å². The Morgan fingerprint density at radius 1 is 0.440 bits per heavy atom. The van der Waals surface area contributed by atoms with Crippen LogP contribution in [0.5, 0.6) is 0 Å². The summed E-state index contributed by atoms with van der Waals surface area (Å²) in [6.45, 7) is 9.25. The first-order chi connectivity index (χ1) is 24.3. The number of fused-ring (bicyclic) bond motifs is 9. The lowest BCUT2D eigenvalue weighted by Gasteiger charge is -2.42. The van der Waals surface area contributed by atoms with Gasteiger partial charge in [0.15, 0.2) is 0 Å². The van der Waals surface area contributed by atoms with Gasteiger partial charge in [-0.2, -0.15) is 0 Å². The van der Waals surface area contributed by atoms with Gasteiger partial charge in [0, 0.05) is 38.4 Å². The van der Waals surface area contributed by atoms with E-state index in [9.17, 15) is 4.21 Å². The second kappa shape index (κ2) is 10.3. The average molecular weight is 665 g/mol. The molecule has 0 aromatic heterocycles. The summed E-state index contributed by atoms with van der Waals surface area (Å²) in [5, 5.41) is 2.13. The average Bonchev–Trinajstić information content (AvgIpc) is 3.43. The third kappa shape index (κ3) is 3.83. The van der Waals surface area contributed by atoms with E-state index in [1.807, 2.05) is 0 Å². The molecule has 0 saturated carbocycles. The van der Waals surface area contributed by atoms with Crippen molar-refractivity contribution in [3.05, 3.63) is 168 Å². The molecule has 1 atom stereocenters. The molecule has 3 aliphatic heterocycles. The van der Waals surface area contributed by atoms with E-state index in [1.165, 1.54) is 45.0 Å². The molecule has 7 aromatic carbocycles. The number of nitrogens with zero attached hydrogens (tertiary/aromatic N) is 2. The molecule has 10 rings (SSSR count). The van der Waals surface area contributed by atoms with Crippen LogP contribution in [0.3, 0.4) is 0 Å². The van der Waals surface area contributed by atoms with Gasteiger partial charge in [-0.05, 0) is 70.8 Å². The van der Waals surface area contributed by atoms with Gasteiger partial charge in [0.25, 0.3) is 0 Å². The molecule has 4 heteroatoms. The van der Waals surface area contributed by atoms with Gasteiger partial charge in [-0.25, -0.2) is 4.21 Å². The minimum absolute atomic E-state index is 0.129. The molecule has 3 aliphatic rings. The first-order valence-corrected chi connectivity index (χ1v) is 18.5. The minimum atomic E-state index is -1.32. The molecule has 1 unspecified atom stereocenters. The molecule has 0 saturated heterocycles. The van der Waals surface area contributed by atoms with Gasteiger partial charge < -0.3 is 9.80 Å². The number of hydrogen-bond acceptors (Lipinski definition) is 3. The van der Waals surface area contributed by atoms with Gasteiger partial charge in [0.05, 0.1) is 49.0 Å². The molecule has 0 fully saturated rings. The van der Waals surface area contributed by atoms with E-state index in [4.69, 9.17) is 0 Å². The summed E-state index contributed by atoms with van der Waals surface area (Å²) in [6, 6.07) is 52.3. The van der Waals surface area contributed by atoms with Crippen molar-refractivity contribution in [3.63, 3.8) is 0 Å². The summed E-state index contributed by atoms with van der Waals surface area (Å²) in [6.07, 6.45) is 0. The number of para-hydroxylation sites is 4. The van der Waals surface area contributed by atoms with Gasteiger partial charge in [0.1, 0.15) is 0 Å². The van der Waals surface area contributed by atoms with E-state index in [-0.39, 0.29) is 10.8 Å². The standard InChI is InChI=1S/C46H36N2OS/c1-45(2)34-15-5-9-19-39(34)47(40-20-10-6-16-35(40)45)29-24-27-43-33(28-29)32-26-25-30-31(44(32)50(43)49)14-13-23-38(30)48-41-21-11-7-17-36(41)46(3,4)37-18-8-12-22-42(37)48/h5-28H,1-4H3. The largest absolute Gasteiger partial charge is 0.310 e. The third-order valence-electron chi connectivity index (χ3n) is 11.4. The van der Waals surface area contributed by atoms with Crippen LogP contribution in [-0.2, 0) is 21.6 Å². The minimum Gasteiger partial charge on any atom is -0.310 e. The zero-order valence-electron chi connectivity index (χ0n) is 28.6. The summed E-state index contributed by atoms with van der Waals surface area (Å²) in [7, 11) is -1.32. The van der Waals surface area contributed by atoms with E-state index in [0.29, 0.717) is 0 Å². The zero-order chi connectivity index (χ0) is 33.9. The van der Waals surface area contributed by atoms with Crippen LogP contribution in [0.15, 0.2) is 155 Å². The molecule has 0 spiro atoms. The molecule has 3 heterocycles. The van der Waals surface area contributed by atoms with E-state index in [1.54, 1.807) is 0 Å². The Hall–Kier alpha value is -5.45. The van der Waals surface area contributed by atoms with Crippen LogP contribution in [-0.4, -0.2) is 4.21 Å². The number of benzene rings is 7. The predicted molar refractivity (Wildman–Crippen MR) is 208 cm³/mol. The quantitative estimate of drug-likeness (QED) is 0.184. The molecule has 242 valence electrons. The van der Waals surface area contributed by atoms with Crippen molar-refractivity contribution in [2.24, 2.45) is 0 Å². The van der Waals surface area contributed by atoms with Gasteiger partial charge in [-0.15, -0.1) is 0 Å². The Bertz CT molecular complexity index is 2500. The molecule has 0 aliphatic carbocycles. The fourth-order valence-corrected chi connectivity index (χ4v) is 10.5. The highest BCUT2D eigenvalue weighted by molar-refractivity contribution is 7.86. The smallest absolute Gasteiger partial charge is 0.0868 e. The maximum Gasteiger partial charge on any atom is 0.0868 e. The van der Waals surface area contributed by atoms with Gasteiger partial charge in [-0.1, -0.05) is 125 Å². The fourth-order valence-electron chi connectivity index (χ4n) is 8.94. The van der Waals surface area contributed by atoms with E-state index < -0.39 is 10.8 Å². The normalized spacial score (nSPS) is 17.3. The highest BCUT2D eigenvalue weighted by atomic mass is 32.2. The van der Waals surface area contributed by atoms with Crippen molar-refractivity contribution in [2.75, 3.05) is 9.80 Å². The van der Waals surface area contributed by atoms with Crippen molar-refractivity contribution >= 4 is 55.7 Å². The maximum absolute atomic E-state index is 14.5. The maximum atomic E-state index is 14.5. The van der Waals surface area contributed by atoms with Crippen molar-refractivity contribution < 1.29 is 4.21 Å². The highest BCUT2D eigenvalue weighted by Crippen LogP contribution is 2.56. The van der Waals surface area contributed by atoms with Crippen LogP contribution in [0.2, 0.25) is 0 Å². The highest BCUT2D eigenvalue weighted by Gasteiger charge is 2.39. The Morgan fingerprint density at radius 3 is 1.46 bits per heavy atom. The van der Waals surface area contributed by atoms with Crippen LogP contribution >= 0.6 is 0 Å². The van der Waals surface area contributed by atoms with Crippen LogP contribution < -0.4 is 9.80 Å². The van der Waals surface area contributed by atoms with Crippen molar-refractivity contribution in [2.45, 2.75) is 48.3 Å². The first kappa shape index (κ1) is 29.5. The van der Waals surface area contributed by atoms with Crippen LogP contribution in [0, 0.1) is 0 Å². The van der Waals surface area contributed by atoms with Gasteiger partial charge >= 0.3 is 0 Å². The van der Waals surface area contributed by atoms with Gasteiger partial charge in [0.2, 0.25) is 0 Å². The fraction of sp³-hybridized carbons (Fsp3) is 0.130. The lowest BCUT2D eigenvalue weighted by Crippen LogP contribution is -2.30. The number of hydrogen-bond donors (Lipinski definition) is 0. The monoisotopic (exact) mass is 664 g/mol. The summed E-state index contributed by atoms with van der Waals surface area (Å²) >= 11 is 0. The van der Waals surface area contributed by atoms with Gasteiger partial charge in [-0.3, -0.25) is 0 Å². The Morgan fingerprint density at radius 2 is 0.920 bits per heavy atom. The molecular weight excluding hydrogens is 629 g/mol. The first-order valence-electron chi connectivity index (χ1n) is 17.4.